The van der Waals surface area contributed by atoms with Gasteiger partial charge in [0.05, 0.1) is 0 Å². The zero-order valence-corrected chi connectivity index (χ0v) is 23.1. The van der Waals surface area contributed by atoms with Gasteiger partial charge in [0.1, 0.15) is 16.9 Å². The second-order valence-corrected chi connectivity index (χ2v) is 11.5. The molecular formula is C37H22N2O2S. The maximum Gasteiger partial charge on any atom is 0.227 e. The molecule has 1 N–H and O–H groups in total. The lowest BCUT2D eigenvalue weighted by molar-refractivity contribution is 0.620. The highest BCUT2D eigenvalue weighted by atomic mass is 32.1. The molecular weight excluding hydrogens is 536 g/mol. The van der Waals surface area contributed by atoms with E-state index in [-0.39, 0.29) is 0 Å². The van der Waals surface area contributed by atoms with Crippen molar-refractivity contribution in [1.82, 2.24) is 9.97 Å². The minimum Gasteiger partial charge on any atom is -0.456 e. The first-order valence-electron chi connectivity index (χ1n) is 13.9. The van der Waals surface area contributed by atoms with Crippen LogP contribution >= 0.6 is 11.3 Å². The topological polar surface area (TPSA) is 55.0 Å². The smallest absolute Gasteiger partial charge is 0.227 e. The van der Waals surface area contributed by atoms with E-state index >= 15 is 0 Å². The Morgan fingerprint density at radius 1 is 0.571 bits per heavy atom. The Hall–Kier alpha value is -5.39. The Balaban J connectivity index is 1.42. The Bertz CT molecular complexity index is 2130. The molecule has 0 fully saturated rings. The van der Waals surface area contributed by atoms with Crippen LogP contribution in [0.5, 0.6) is 0 Å². The third-order valence-corrected chi connectivity index (χ3v) is 9.03. The summed E-state index contributed by atoms with van der Waals surface area (Å²) in [6.07, 6.45) is 0. The molecule has 0 aliphatic heterocycles. The highest BCUT2D eigenvalue weighted by molar-refractivity contribution is 7.22. The van der Waals surface area contributed by atoms with Gasteiger partial charge >= 0.3 is 0 Å². The molecule has 0 radical (unpaired) electrons. The predicted molar refractivity (Wildman–Crippen MR) is 173 cm³/mol. The van der Waals surface area contributed by atoms with E-state index in [0.717, 1.165) is 71.6 Å². The molecule has 42 heavy (non-hydrogen) atoms. The summed E-state index contributed by atoms with van der Waals surface area (Å²) in [5.74, 6) is 1.39. The van der Waals surface area contributed by atoms with Gasteiger partial charge in [-0.1, -0.05) is 72.8 Å². The number of furan rings is 1. The summed E-state index contributed by atoms with van der Waals surface area (Å²) in [6, 6.07) is 43.9. The van der Waals surface area contributed by atoms with E-state index in [1.165, 1.54) is 10.1 Å². The minimum atomic E-state index is 0.587. The Kier molecular flexibility index (Phi) is 5.03. The fourth-order valence-corrected chi connectivity index (χ4v) is 7.06. The molecule has 9 rings (SSSR count). The van der Waals surface area contributed by atoms with Crippen molar-refractivity contribution < 1.29 is 8.83 Å². The summed E-state index contributed by atoms with van der Waals surface area (Å²) in [5.41, 5.74) is 8.59. The van der Waals surface area contributed by atoms with Gasteiger partial charge in [-0.25, -0.2) is 4.98 Å². The van der Waals surface area contributed by atoms with Crippen molar-refractivity contribution in [3.8, 4) is 44.5 Å². The molecule has 0 spiro atoms. The van der Waals surface area contributed by atoms with Crippen LogP contribution in [0.15, 0.2) is 136 Å². The maximum atomic E-state index is 6.62. The van der Waals surface area contributed by atoms with Crippen molar-refractivity contribution >= 4 is 54.4 Å². The van der Waals surface area contributed by atoms with Gasteiger partial charge in [0.2, 0.25) is 5.89 Å². The lowest BCUT2D eigenvalue weighted by Gasteiger charge is -2.15. The second-order valence-electron chi connectivity index (χ2n) is 10.5. The average Bonchev–Trinajstić information content (AvgIpc) is 3.83. The van der Waals surface area contributed by atoms with Gasteiger partial charge in [-0.05, 0) is 60.0 Å². The summed E-state index contributed by atoms with van der Waals surface area (Å²) in [6.45, 7) is 0. The summed E-state index contributed by atoms with van der Waals surface area (Å²) in [4.78, 5) is 9.73. The number of aromatic amines is 1. The summed E-state index contributed by atoms with van der Waals surface area (Å²) in [5, 5.41) is 3.42. The van der Waals surface area contributed by atoms with Crippen molar-refractivity contribution in [2.24, 2.45) is 0 Å². The number of nitrogens with zero attached hydrogens (tertiary/aromatic N) is 1. The number of aromatic nitrogens is 2. The zero-order valence-electron chi connectivity index (χ0n) is 22.3. The highest BCUT2D eigenvalue weighted by Crippen LogP contribution is 2.49. The van der Waals surface area contributed by atoms with E-state index in [2.05, 4.69) is 89.9 Å². The number of thiophene rings is 1. The number of oxazole rings is 1. The molecule has 4 heterocycles. The minimum absolute atomic E-state index is 0.587. The van der Waals surface area contributed by atoms with Crippen LogP contribution in [0.4, 0.5) is 0 Å². The Morgan fingerprint density at radius 2 is 1.31 bits per heavy atom. The molecule has 0 aliphatic carbocycles. The highest BCUT2D eigenvalue weighted by Gasteiger charge is 2.26. The maximum absolute atomic E-state index is 6.62. The van der Waals surface area contributed by atoms with Crippen molar-refractivity contribution in [3.63, 3.8) is 0 Å². The summed E-state index contributed by atoms with van der Waals surface area (Å²) in [7, 11) is 0. The van der Waals surface area contributed by atoms with Gasteiger partial charge in [0.25, 0.3) is 0 Å². The normalized spacial score (nSPS) is 11.8. The van der Waals surface area contributed by atoms with Crippen LogP contribution in [0, 0.1) is 0 Å². The first-order chi connectivity index (χ1) is 20.8. The van der Waals surface area contributed by atoms with Crippen LogP contribution in [0.1, 0.15) is 0 Å². The molecule has 0 unspecified atom stereocenters. The monoisotopic (exact) mass is 558 g/mol. The molecule has 4 nitrogen and oxygen atoms in total. The second kappa shape index (κ2) is 9.06. The SMILES string of the molecule is c1ccc2[nH]c(-c3ccc(-c4nc5ccccc5o4)c(-c4cc5ccccc5s4)c3-c3cc4ccccc4o3)cc2c1. The molecule has 9 aromatic rings. The van der Waals surface area contributed by atoms with Gasteiger partial charge in [-0.15, -0.1) is 11.3 Å². The van der Waals surface area contributed by atoms with Crippen LogP contribution in [0.25, 0.3) is 87.5 Å². The number of H-pyrrole nitrogens is 1. The van der Waals surface area contributed by atoms with E-state index in [4.69, 9.17) is 13.8 Å². The number of hydrogen-bond donors (Lipinski definition) is 1. The average molecular weight is 559 g/mol. The van der Waals surface area contributed by atoms with Crippen LogP contribution in [-0.4, -0.2) is 9.97 Å². The molecule has 0 amide bonds. The number of nitrogens with one attached hydrogen (secondary N) is 1. The van der Waals surface area contributed by atoms with Crippen LogP contribution in [0.2, 0.25) is 0 Å². The van der Waals surface area contributed by atoms with Crippen molar-refractivity contribution in [1.29, 1.82) is 0 Å². The van der Waals surface area contributed by atoms with Crippen LogP contribution in [-0.2, 0) is 0 Å². The fraction of sp³-hybridized carbons (Fsp3) is 0. The number of rotatable bonds is 4. The standard InChI is InChI=1S/C37H22N2O2S/c1-4-12-27-22(9-1)19-29(38-27)25-17-18-26(37-39-28-13-5-7-15-31(28)41-37)36(34-21-24-11-3-8-16-33(24)42-34)35(25)32-20-23-10-2-6-14-30(23)40-32/h1-21,38H. The van der Waals surface area contributed by atoms with Crippen LogP contribution < -0.4 is 0 Å². The lowest BCUT2D eigenvalue weighted by Crippen LogP contribution is -1.93. The predicted octanol–water partition coefficient (Wildman–Crippen LogP) is 10.9. The van der Waals surface area contributed by atoms with E-state index in [1.807, 2.05) is 42.5 Å². The molecule has 4 aromatic heterocycles. The molecule has 0 bridgehead atoms. The van der Waals surface area contributed by atoms with Crippen molar-refractivity contribution in [2.45, 2.75) is 0 Å². The number of benzene rings is 5. The van der Waals surface area contributed by atoms with Gasteiger partial charge in [0.15, 0.2) is 5.58 Å². The molecule has 198 valence electrons. The third kappa shape index (κ3) is 3.64. The van der Waals surface area contributed by atoms with Gasteiger partial charge < -0.3 is 13.8 Å². The molecule has 5 aromatic carbocycles. The molecule has 0 saturated heterocycles. The zero-order chi connectivity index (χ0) is 27.6. The first kappa shape index (κ1) is 23.3. The van der Waals surface area contributed by atoms with E-state index in [9.17, 15) is 0 Å². The number of para-hydroxylation sites is 4. The summed E-state index contributed by atoms with van der Waals surface area (Å²) < 4.78 is 14.2. The van der Waals surface area contributed by atoms with Crippen LogP contribution in [0.3, 0.4) is 0 Å². The lowest BCUT2D eigenvalue weighted by atomic mass is 9.91. The Labute approximate surface area is 244 Å². The van der Waals surface area contributed by atoms with E-state index in [1.54, 1.807) is 11.3 Å². The third-order valence-electron chi connectivity index (χ3n) is 7.89. The van der Waals surface area contributed by atoms with E-state index in [0.29, 0.717) is 5.89 Å². The largest absolute Gasteiger partial charge is 0.456 e. The Morgan fingerprint density at radius 3 is 2.14 bits per heavy atom. The number of hydrogen-bond acceptors (Lipinski definition) is 4. The van der Waals surface area contributed by atoms with Gasteiger partial charge in [-0.3, -0.25) is 0 Å². The quantitative estimate of drug-likeness (QED) is 0.234. The first-order valence-corrected chi connectivity index (χ1v) is 14.7. The molecule has 0 atom stereocenters. The summed E-state index contributed by atoms with van der Waals surface area (Å²) >= 11 is 1.77. The van der Waals surface area contributed by atoms with Crippen molar-refractivity contribution in [3.05, 3.63) is 127 Å². The van der Waals surface area contributed by atoms with Gasteiger partial charge in [-0.2, -0.15) is 0 Å². The van der Waals surface area contributed by atoms with Crippen molar-refractivity contribution in [2.75, 3.05) is 0 Å². The fourth-order valence-electron chi connectivity index (χ4n) is 5.93. The molecule has 0 saturated carbocycles. The molecule has 0 aliphatic rings. The number of fused-ring (bicyclic) bond motifs is 4. The molecule has 5 heteroatoms. The van der Waals surface area contributed by atoms with E-state index < -0.39 is 0 Å². The van der Waals surface area contributed by atoms with Gasteiger partial charge in [0, 0.05) is 53.8 Å².